The summed E-state index contributed by atoms with van der Waals surface area (Å²) >= 11 is 0. The Bertz CT molecular complexity index is 506. The van der Waals surface area contributed by atoms with E-state index in [-0.39, 0.29) is 12.5 Å². The molecule has 0 aliphatic rings. The lowest BCUT2D eigenvalue weighted by Gasteiger charge is -2.15. The number of nitrogens with zero attached hydrogens (tertiary/aromatic N) is 3. The minimum absolute atomic E-state index is 0.184. The van der Waals surface area contributed by atoms with Crippen molar-refractivity contribution in [3.8, 4) is 6.07 Å². The van der Waals surface area contributed by atoms with Crippen LogP contribution in [0.15, 0.2) is 0 Å². The Morgan fingerprint density at radius 1 is 1.42 bits per heavy atom. The van der Waals surface area contributed by atoms with E-state index < -0.39 is 5.91 Å². The summed E-state index contributed by atoms with van der Waals surface area (Å²) < 4.78 is 0. The summed E-state index contributed by atoms with van der Waals surface area (Å²) in [6.45, 7) is 5.77. The normalized spacial score (nSPS) is 11.7. The second kappa shape index (κ2) is 6.69. The van der Waals surface area contributed by atoms with E-state index in [4.69, 9.17) is 5.73 Å². The molecule has 3 N–H and O–H groups in total. The van der Waals surface area contributed by atoms with Gasteiger partial charge in [-0.25, -0.2) is 0 Å². The van der Waals surface area contributed by atoms with Gasteiger partial charge in [-0.15, -0.1) is 5.10 Å². The first-order valence-corrected chi connectivity index (χ1v) is 6.36. The fraction of sp³-hybridized carbons (Fsp3) is 0.538. The van der Waals surface area contributed by atoms with Gasteiger partial charge in [0.25, 0.3) is 0 Å². The van der Waals surface area contributed by atoms with E-state index >= 15 is 0 Å². The second-order valence-corrected chi connectivity index (χ2v) is 4.38. The Morgan fingerprint density at radius 2 is 2.11 bits per heavy atom. The largest absolute Gasteiger partial charge is 0.370 e. The molecule has 1 atom stereocenters. The van der Waals surface area contributed by atoms with Crippen LogP contribution in [0.2, 0.25) is 0 Å². The first-order valence-electron chi connectivity index (χ1n) is 6.36. The molecule has 1 heterocycles. The maximum Gasteiger partial charge on any atom is 0.219 e. The Kier molecular flexibility index (Phi) is 5.24. The standard InChI is InChI=1S/C13H19N5O/c1-4-9-10(7-14)13(18-17-11(9)5-2)16-8(3)6-12(15)19/h8H,4-6H2,1-3H3,(H2,15,19)(H,16,18). The third-order valence-corrected chi connectivity index (χ3v) is 2.85. The van der Waals surface area contributed by atoms with Crippen molar-refractivity contribution in [1.82, 2.24) is 10.2 Å². The fourth-order valence-corrected chi connectivity index (χ4v) is 1.98. The fourth-order valence-electron chi connectivity index (χ4n) is 1.98. The van der Waals surface area contributed by atoms with Gasteiger partial charge in [0.15, 0.2) is 5.82 Å². The lowest BCUT2D eigenvalue weighted by Crippen LogP contribution is -2.25. The van der Waals surface area contributed by atoms with E-state index in [2.05, 4.69) is 21.6 Å². The minimum Gasteiger partial charge on any atom is -0.370 e. The number of hydrogen-bond donors (Lipinski definition) is 2. The van der Waals surface area contributed by atoms with Gasteiger partial charge in [-0.05, 0) is 25.3 Å². The van der Waals surface area contributed by atoms with Gasteiger partial charge in [0.2, 0.25) is 5.91 Å². The van der Waals surface area contributed by atoms with Gasteiger partial charge < -0.3 is 11.1 Å². The van der Waals surface area contributed by atoms with Crippen LogP contribution in [0.5, 0.6) is 0 Å². The van der Waals surface area contributed by atoms with Gasteiger partial charge in [-0.3, -0.25) is 4.79 Å². The summed E-state index contributed by atoms with van der Waals surface area (Å²) in [5, 5.41) is 20.5. The molecular weight excluding hydrogens is 242 g/mol. The zero-order valence-electron chi connectivity index (χ0n) is 11.5. The van der Waals surface area contributed by atoms with E-state index in [1.807, 2.05) is 20.8 Å². The second-order valence-electron chi connectivity index (χ2n) is 4.38. The Balaban J connectivity index is 3.09. The van der Waals surface area contributed by atoms with Crippen molar-refractivity contribution in [1.29, 1.82) is 5.26 Å². The van der Waals surface area contributed by atoms with Crippen molar-refractivity contribution in [3.63, 3.8) is 0 Å². The average Bonchev–Trinajstić information content (AvgIpc) is 2.36. The topological polar surface area (TPSA) is 105 Å². The number of rotatable bonds is 6. The number of aromatic nitrogens is 2. The van der Waals surface area contributed by atoms with Gasteiger partial charge >= 0.3 is 0 Å². The highest BCUT2D eigenvalue weighted by atomic mass is 16.1. The van der Waals surface area contributed by atoms with Crippen LogP contribution < -0.4 is 11.1 Å². The number of amides is 1. The molecule has 102 valence electrons. The molecule has 0 aliphatic carbocycles. The van der Waals surface area contributed by atoms with Crippen molar-refractivity contribution in [2.75, 3.05) is 5.32 Å². The van der Waals surface area contributed by atoms with Crippen LogP contribution in [-0.2, 0) is 17.6 Å². The molecule has 6 heteroatoms. The first-order chi connectivity index (χ1) is 9.03. The highest BCUT2D eigenvalue weighted by molar-refractivity contribution is 5.75. The number of hydrogen-bond acceptors (Lipinski definition) is 5. The zero-order chi connectivity index (χ0) is 14.4. The lowest BCUT2D eigenvalue weighted by atomic mass is 10.0. The molecule has 0 bridgehead atoms. The number of carbonyl (C=O) groups excluding carboxylic acids is 1. The molecular formula is C13H19N5O. The number of aryl methyl sites for hydroxylation is 1. The maximum atomic E-state index is 10.9. The van der Waals surface area contributed by atoms with Gasteiger partial charge in [-0.1, -0.05) is 13.8 Å². The molecule has 6 nitrogen and oxygen atoms in total. The van der Waals surface area contributed by atoms with E-state index in [0.717, 1.165) is 24.1 Å². The smallest absolute Gasteiger partial charge is 0.219 e. The van der Waals surface area contributed by atoms with Crippen LogP contribution in [0.1, 0.15) is 44.0 Å². The van der Waals surface area contributed by atoms with Crippen LogP contribution in [0, 0.1) is 11.3 Å². The summed E-state index contributed by atoms with van der Waals surface area (Å²) in [5.41, 5.74) is 7.40. The average molecular weight is 261 g/mol. The quantitative estimate of drug-likeness (QED) is 0.799. The first kappa shape index (κ1) is 14.9. The van der Waals surface area contributed by atoms with Crippen molar-refractivity contribution < 1.29 is 4.79 Å². The SMILES string of the molecule is CCc1nnc(NC(C)CC(N)=O)c(C#N)c1CC. The zero-order valence-corrected chi connectivity index (χ0v) is 11.5. The molecule has 1 rings (SSSR count). The predicted molar refractivity (Wildman–Crippen MR) is 72.4 cm³/mol. The predicted octanol–water partition coefficient (Wildman–Crippen LogP) is 1.15. The highest BCUT2D eigenvalue weighted by Crippen LogP contribution is 2.20. The van der Waals surface area contributed by atoms with Crippen LogP contribution in [0.25, 0.3) is 0 Å². The Labute approximate surface area is 113 Å². The molecule has 0 saturated heterocycles. The molecule has 0 saturated carbocycles. The Hall–Kier alpha value is -2.16. The number of nitrogens with one attached hydrogen (secondary N) is 1. The number of carbonyl (C=O) groups is 1. The summed E-state index contributed by atoms with van der Waals surface area (Å²) in [4.78, 5) is 10.9. The molecule has 1 aromatic rings. The van der Waals surface area contributed by atoms with Crippen LogP contribution in [0.4, 0.5) is 5.82 Å². The minimum atomic E-state index is -0.396. The molecule has 0 aliphatic heterocycles. The molecule has 0 radical (unpaired) electrons. The van der Waals surface area contributed by atoms with Crippen molar-refractivity contribution in [3.05, 3.63) is 16.8 Å². The molecule has 0 aromatic carbocycles. The van der Waals surface area contributed by atoms with E-state index in [1.165, 1.54) is 0 Å². The Morgan fingerprint density at radius 3 is 2.58 bits per heavy atom. The highest BCUT2D eigenvalue weighted by Gasteiger charge is 2.16. The van der Waals surface area contributed by atoms with Crippen LogP contribution in [-0.4, -0.2) is 22.1 Å². The monoisotopic (exact) mass is 261 g/mol. The molecule has 1 aromatic heterocycles. The van der Waals surface area contributed by atoms with Crippen molar-refractivity contribution in [2.24, 2.45) is 5.73 Å². The van der Waals surface area contributed by atoms with E-state index in [1.54, 1.807) is 0 Å². The molecule has 0 fully saturated rings. The molecule has 1 amide bonds. The van der Waals surface area contributed by atoms with Crippen LogP contribution in [0.3, 0.4) is 0 Å². The summed E-state index contributed by atoms with van der Waals surface area (Å²) in [7, 11) is 0. The molecule has 19 heavy (non-hydrogen) atoms. The third-order valence-electron chi connectivity index (χ3n) is 2.85. The lowest BCUT2D eigenvalue weighted by molar-refractivity contribution is -0.118. The molecule has 0 spiro atoms. The number of primary amides is 1. The van der Waals surface area contributed by atoms with Gasteiger partial charge in [0, 0.05) is 12.5 Å². The third kappa shape index (κ3) is 3.65. The van der Waals surface area contributed by atoms with Gasteiger partial charge in [0.1, 0.15) is 11.6 Å². The van der Waals surface area contributed by atoms with E-state index in [0.29, 0.717) is 11.4 Å². The van der Waals surface area contributed by atoms with Crippen molar-refractivity contribution in [2.45, 2.75) is 46.1 Å². The number of anilines is 1. The van der Waals surface area contributed by atoms with Crippen molar-refractivity contribution >= 4 is 11.7 Å². The number of nitrogens with two attached hydrogens (primary N) is 1. The molecule has 1 unspecified atom stereocenters. The summed E-state index contributed by atoms with van der Waals surface area (Å²) in [5.74, 6) is 0.0256. The summed E-state index contributed by atoms with van der Waals surface area (Å²) in [6.07, 6.45) is 1.64. The maximum absolute atomic E-state index is 10.9. The van der Waals surface area contributed by atoms with Gasteiger partial charge in [0.05, 0.1) is 5.69 Å². The van der Waals surface area contributed by atoms with Crippen LogP contribution >= 0.6 is 0 Å². The van der Waals surface area contributed by atoms with E-state index in [9.17, 15) is 10.1 Å². The number of nitriles is 1. The van der Waals surface area contributed by atoms with Gasteiger partial charge in [-0.2, -0.15) is 10.4 Å². The summed E-state index contributed by atoms with van der Waals surface area (Å²) in [6, 6.07) is 1.98.